The number of esters is 4. The Balaban J connectivity index is 0.000000228. The SMILES string of the molecule is C.COC(=O)CN(Cc1cc(Oc2ccccc2)ccc1C(=O)Cl)S(=O)(=O)c1ccc(C)cc1.COC(=O)CNS(=O)(=O)c1ccc(C)cc1.COC(=O)c1ccc(Oc2ccccc2)cc1CCl.COC(=O)c1ncc2cc(Oc3ccccc3)ccc2c1O. The Bertz CT molecular complexity index is 4150. The zero-order chi connectivity index (χ0) is 65.4. The first-order valence-corrected chi connectivity index (χ1v) is 30.7. The van der Waals surface area contributed by atoms with Gasteiger partial charge in [0.2, 0.25) is 20.0 Å². The number of methoxy groups -OCH3 is 4. The summed E-state index contributed by atoms with van der Waals surface area (Å²) in [7, 11) is -2.78. The fraction of sp³-hybridized carbons (Fsp3) is 0.164. The molecule has 0 aliphatic heterocycles. The van der Waals surface area contributed by atoms with Gasteiger partial charge in [-0.15, -0.1) is 11.6 Å². The fourth-order valence-corrected chi connectivity index (χ4v) is 10.6. The molecule has 2 N–H and O–H groups in total. The average Bonchev–Trinajstić information content (AvgIpc) is 1.18. The molecule has 0 fully saturated rings. The highest BCUT2D eigenvalue weighted by Gasteiger charge is 2.29. The van der Waals surface area contributed by atoms with E-state index in [4.69, 9.17) is 42.1 Å². The molecule has 0 unspecified atom stereocenters. The number of hydrogen-bond donors (Lipinski definition) is 2. The van der Waals surface area contributed by atoms with Crippen molar-refractivity contribution in [3.8, 4) is 40.2 Å². The lowest BCUT2D eigenvalue weighted by atomic mass is 10.1. The van der Waals surface area contributed by atoms with Gasteiger partial charge >= 0.3 is 23.9 Å². The normalized spacial score (nSPS) is 10.6. The monoisotopic (exact) mass is 1320 g/mol. The van der Waals surface area contributed by atoms with Crippen molar-refractivity contribution in [1.82, 2.24) is 14.0 Å². The van der Waals surface area contributed by atoms with E-state index in [-0.39, 0.29) is 58.8 Å². The minimum absolute atomic E-state index is 0. The third kappa shape index (κ3) is 21.2. The van der Waals surface area contributed by atoms with Crippen LogP contribution in [0.2, 0.25) is 0 Å². The number of aromatic hydroxyl groups is 1. The van der Waals surface area contributed by atoms with E-state index >= 15 is 0 Å². The van der Waals surface area contributed by atoms with Gasteiger partial charge < -0.3 is 38.3 Å². The summed E-state index contributed by atoms with van der Waals surface area (Å²) in [4.78, 5) is 62.0. The quantitative estimate of drug-likeness (QED) is 0.0311. The Morgan fingerprint density at radius 2 is 0.978 bits per heavy atom. The molecule has 1 aromatic heterocycles. The number of fused-ring (bicyclic) bond motifs is 1. The lowest BCUT2D eigenvalue weighted by Gasteiger charge is -2.22. The maximum Gasteiger partial charge on any atom is 0.360 e. The van der Waals surface area contributed by atoms with Gasteiger partial charge in [-0.25, -0.2) is 31.4 Å². The molecule has 0 saturated heterocycles. The predicted molar refractivity (Wildman–Crippen MR) is 344 cm³/mol. The van der Waals surface area contributed by atoms with Crippen molar-refractivity contribution >= 4 is 83.1 Å². The number of aryl methyl sites for hydroxylation is 2. The lowest BCUT2D eigenvalue weighted by Crippen LogP contribution is -2.36. The molecule has 0 aliphatic carbocycles. The molecular formula is C67H65Cl2N3O17S2. The molecule has 20 nitrogen and oxygen atoms in total. The van der Waals surface area contributed by atoms with Crippen LogP contribution in [0.1, 0.15) is 60.9 Å². The number of nitrogens with zero attached hydrogens (tertiary/aromatic N) is 2. The van der Waals surface area contributed by atoms with Gasteiger partial charge in [0.25, 0.3) is 5.24 Å². The molecule has 0 spiro atoms. The molecule has 0 aliphatic rings. The van der Waals surface area contributed by atoms with Crippen molar-refractivity contribution in [2.75, 3.05) is 41.5 Å². The minimum atomic E-state index is -4.10. The Morgan fingerprint density at radius 3 is 1.44 bits per heavy atom. The first-order valence-electron chi connectivity index (χ1n) is 26.8. The number of alkyl halides is 1. The number of hydrogen-bond acceptors (Lipinski definition) is 18. The van der Waals surface area contributed by atoms with Crippen molar-refractivity contribution in [3.63, 3.8) is 0 Å². The predicted octanol–water partition coefficient (Wildman–Crippen LogP) is 13.1. The first kappa shape index (κ1) is 72.1. The highest BCUT2D eigenvalue weighted by atomic mass is 35.5. The summed E-state index contributed by atoms with van der Waals surface area (Å²) in [5, 5.41) is 10.5. The number of nitrogens with one attached hydrogen (secondary N) is 1. The second kappa shape index (κ2) is 34.9. The Hall–Kier alpha value is -9.68. The standard InChI is InChI=1S/C24H22ClNO6S.C17H13NO4.C15H13ClO3.C10H13NO4S.CH4/c1-17-8-11-21(12-9-17)33(29,30)26(16-23(27)31-2)15-18-14-20(10-13-22(18)24(25)28)32-19-6-4-3-5-7-19;1-21-17(20)15-16(19)14-8-7-13(9-11(14)10-18-15)22-12-5-3-2-4-6-12;1-18-15(17)14-8-7-13(9-11(14)10-16)19-12-5-3-2-4-6-12;1-8-3-5-9(6-4-8)16(13,14)11-7-10(12)15-2;/h3-14H,15-16H2,1-2H3;2-10,19H,1H3;2-9H,10H2,1H3;3-6,11H,7H2,1-2H3;1H4. The average molecular weight is 1320 g/mol. The number of benzene rings is 8. The number of halogens is 2. The van der Waals surface area contributed by atoms with Crippen LogP contribution in [-0.2, 0) is 61.0 Å². The van der Waals surface area contributed by atoms with Gasteiger partial charge in [-0.3, -0.25) is 14.4 Å². The van der Waals surface area contributed by atoms with E-state index in [0.29, 0.717) is 50.6 Å². The van der Waals surface area contributed by atoms with Crippen LogP contribution in [0.4, 0.5) is 0 Å². The topological polar surface area (TPSA) is 267 Å². The zero-order valence-corrected chi connectivity index (χ0v) is 52.5. The van der Waals surface area contributed by atoms with Crippen LogP contribution in [-0.4, -0.2) is 102 Å². The van der Waals surface area contributed by atoms with E-state index < -0.39 is 55.7 Å². The summed E-state index contributed by atoms with van der Waals surface area (Å²) < 4.78 is 88.5. The van der Waals surface area contributed by atoms with Crippen molar-refractivity contribution in [2.45, 2.75) is 43.5 Å². The number of rotatable bonds is 20. The van der Waals surface area contributed by atoms with Gasteiger partial charge in [0.15, 0.2) is 11.4 Å². The second-order valence-electron chi connectivity index (χ2n) is 18.9. The van der Waals surface area contributed by atoms with Gasteiger partial charge in [0.1, 0.15) is 47.6 Å². The number of para-hydroxylation sites is 3. The van der Waals surface area contributed by atoms with Crippen LogP contribution >= 0.6 is 23.2 Å². The number of carbonyl (C=O) groups is 5. The minimum Gasteiger partial charge on any atom is -0.505 e. The molecule has 8 aromatic carbocycles. The maximum absolute atomic E-state index is 13.3. The van der Waals surface area contributed by atoms with Crippen LogP contribution < -0.4 is 18.9 Å². The molecule has 0 amide bonds. The molecule has 476 valence electrons. The van der Waals surface area contributed by atoms with Crippen molar-refractivity contribution in [3.05, 3.63) is 239 Å². The van der Waals surface area contributed by atoms with Crippen LogP contribution in [0.5, 0.6) is 40.2 Å². The molecule has 1 heterocycles. The molecule has 91 heavy (non-hydrogen) atoms. The van der Waals surface area contributed by atoms with E-state index in [1.54, 1.807) is 91.0 Å². The number of sulfonamides is 2. The zero-order valence-electron chi connectivity index (χ0n) is 49.3. The van der Waals surface area contributed by atoms with Gasteiger partial charge in [0.05, 0.1) is 43.8 Å². The van der Waals surface area contributed by atoms with Crippen LogP contribution in [0.25, 0.3) is 10.8 Å². The summed E-state index contributed by atoms with van der Waals surface area (Å²) in [6.07, 6.45) is 1.50. The highest BCUT2D eigenvalue weighted by molar-refractivity contribution is 7.89. The maximum atomic E-state index is 13.3. The smallest absolute Gasteiger partial charge is 0.360 e. The van der Waals surface area contributed by atoms with Gasteiger partial charge in [-0.1, -0.05) is 97.4 Å². The van der Waals surface area contributed by atoms with E-state index in [0.717, 1.165) is 21.2 Å². The summed E-state index contributed by atoms with van der Waals surface area (Å²) in [6.45, 7) is 2.47. The molecule has 0 saturated carbocycles. The number of pyridine rings is 1. The van der Waals surface area contributed by atoms with Gasteiger partial charge in [-0.05, 0) is 152 Å². The van der Waals surface area contributed by atoms with Crippen LogP contribution in [0, 0.1) is 13.8 Å². The summed E-state index contributed by atoms with van der Waals surface area (Å²) in [5.74, 6) is 1.20. The van der Waals surface area contributed by atoms with Gasteiger partial charge in [0, 0.05) is 35.0 Å². The second-order valence-corrected chi connectivity index (χ2v) is 23.2. The fourth-order valence-electron chi connectivity index (χ4n) is 7.89. The first-order chi connectivity index (χ1) is 43.1. The van der Waals surface area contributed by atoms with E-state index in [9.17, 15) is 45.9 Å². The molecule has 0 bridgehead atoms. The van der Waals surface area contributed by atoms with E-state index in [1.165, 1.54) is 71.0 Å². The van der Waals surface area contributed by atoms with Crippen molar-refractivity contribution in [1.29, 1.82) is 0 Å². The van der Waals surface area contributed by atoms with Crippen molar-refractivity contribution in [2.24, 2.45) is 0 Å². The molecule has 0 atom stereocenters. The van der Waals surface area contributed by atoms with E-state index in [1.807, 2.05) is 80.6 Å². The largest absolute Gasteiger partial charge is 0.505 e. The third-order valence-electron chi connectivity index (χ3n) is 12.6. The van der Waals surface area contributed by atoms with E-state index in [2.05, 4.69) is 23.9 Å². The molecular weight excluding hydrogens is 1250 g/mol. The van der Waals surface area contributed by atoms with Crippen LogP contribution in [0.3, 0.4) is 0 Å². The molecule has 9 aromatic rings. The summed E-state index contributed by atoms with van der Waals surface area (Å²) >= 11 is 11.6. The van der Waals surface area contributed by atoms with Crippen molar-refractivity contribution < 1.29 is 79.1 Å². The number of ether oxygens (including phenoxy) is 7. The Labute approximate surface area is 537 Å². The third-order valence-corrected chi connectivity index (χ3v) is 16.3. The molecule has 9 rings (SSSR count). The highest BCUT2D eigenvalue weighted by Crippen LogP contribution is 2.33. The lowest BCUT2D eigenvalue weighted by molar-refractivity contribution is -0.141. The number of carbonyl (C=O) groups excluding carboxylic acids is 5. The Morgan fingerprint density at radius 1 is 0.527 bits per heavy atom. The molecule has 0 radical (unpaired) electrons. The Kier molecular flexibility index (Phi) is 27.6. The van der Waals surface area contributed by atoms with Gasteiger partial charge in [-0.2, -0.15) is 9.03 Å². The number of aromatic nitrogens is 1. The van der Waals surface area contributed by atoms with Crippen LogP contribution in [0.15, 0.2) is 210 Å². The molecule has 24 heteroatoms. The summed E-state index contributed by atoms with van der Waals surface area (Å²) in [6, 6.07) is 55.1. The summed E-state index contributed by atoms with van der Waals surface area (Å²) in [5.41, 5.74) is 3.27.